The van der Waals surface area contributed by atoms with E-state index in [1.54, 1.807) is 7.11 Å². The van der Waals surface area contributed by atoms with Crippen LogP contribution in [-0.4, -0.2) is 49.4 Å². The quantitative estimate of drug-likeness (QED) is 0.434. The summed E-state index contributed by atoms with van der Waals surface area (Å²) in [7, 11) is 1.66. The molecule has 1 aliphatic heterocycles. The van der Waals surface area contributed by atoms with Gasteiger partial charge in [-0.2, -0.15) is 0 Å². The summed E-state index contributed by atoms with van der Waals surface area (Å²) in [5.41, 5.74) is 2.20. The molecule has 0 bridgehead atoms. The van der Waals surface area contributed by atoms with Gasteiger partial charge >= 0.3 is 0 Å². The van der Waals surface area contributed by atoms with Crippen molar-refractivity contribution in [2.45, 2.75) is 46.1 Å². The van der Waals surface area contributed by atoms with Crippen molar-refractivity contribution in [1.29, 1.82) is 0 Å². The lowest BCUT2D eigenvalue weighted by atomic mass is 10.0. The molecule has 1 aromatic carbocycles. The van der Waals surface area contributed by atoms with E-state index >= 15 is 0 Å². The Morgan fingerprint density at radius 3 is 2.63 bits per heavy atom. The Hall–Kier alpha value is -2.57. The van der Waals surface area contributed by atoms with E-state index in [1.165, 1.54) is 4.90 Å². The van der Waals surface area contributed by atoms with Gasteiger partial charge in [-0.3, -0.25) is 19.5 Å². The zero-order valence-corrected chi connectivity index (χ0v) is 16.7. The summed E-state index contributed by atoms with van der Waals surface area (Å²) in [5.74, 6) is 1.26. The molecule has 0 aliphatic carbocycles. The van der Waals surface area contributed by atoms with E-state index in [0.29, 0.717) is 44.9 Å². The van der Waals surface area contributed by atoms with Gasteiger partial charge in [-0.25, -0.2) is 0 Å². The molecule has 2 rings (SSSR count). The smallest absolute Gasteiger partial charge is 0.229 e. The molecule has 2 N–H and O–H groups in total. The van der Waals surface area contributed by atoms with E-state index in [0.717, 1.165) is 16.9 Å². The number of aliphatic imine (C=N–C) groups is 1. The van der Waals surface area contributed by atoms with Crippen LogP contribution in [0.15, 0.2) is 23.2 Å². The number of methoxy groups -OCH3 is 1. The molecule has 2 amide bonds. The molecule has 0 radical (unpaired) electrons. The first kappa shape index (κ1) is 20.7. The number of carbonyl (C=O) groups excluding carboxylic acids is 2. The number of benzene rings is 1. The number of likely N-dealkylation sites (tertiary alicyclic amines) is 1. The van der Waals surface area contributed by atoms with Gasteiger partial charge < -0.3 is 15.4 Å². The van der Waals surface area contributed by atoms with Crippen LogP contribution in [-0.2, 0) is 9.59 Å². The van der Waals surface area contributed by atoms with Crippen LogP contribution in [0.2, 0.25) is 0 Å². The van der Waals surface area contributed by atoms with E-state index in [1.807, 2.05) is 32.9 Å². The van der Waals surface area contributed by atoms with Gasteiger partial charge in [0.2, 0.25) is 11.8 Å². The van der Waals surface area contributed by atoms with Crippen LogP contribution in [0.25, 0.3) is 0 Å². The molecular formula is C20H30N4O3. The Balaban J connectivity index is 2.03. The first-order chi connectivity index (χ1) is 13.0. The fraction of sp³-hybridized carbons (Fsp3) is 0.550. The minimum Gasteiger partial charge on any atom is -0.496 e. The number of guanidine groups is 1. The van der Waals surface area contributed by atoms with Crippen molar-refractivity contribution in [1.82, 2.24) is 15.5 Å². The maximum Gasteiger partial charge on any atom is 0.229 e. The van der Waals surface area contributed by atoms with Crippen molar-refractivity contribution in [2.24, 2.45) is 4.99 Å². The van der Waals surface area contributed by atoms with Gasteiger partial charge in [-0.15, -0.1) is 0 Å². The first-order valence-electron chi connectivity index (χ1n) is 9.48. The standard InChI is InChI=1S/C20H30N4O3/c1-5-21-20(22-11-12-24-18(25)7-6-8-19(24)26)23-15(3)16-13-14(2)9-10-17(16)27-4/h9-10,13,15H,5-8,11-12H2,1-4H3,(H2,21,22,23). The Morgan fingerprint density at radius 1 is 1.30 bits per heavy atom. The van der Waals surface area contributed by atoms with Crippen LogP contribution in [0.5, 0.6) is 5.75 Å². The number of hydrogen-bond acceptors (Lipinski definition) is 4. The van der Waals surface area contributed by atoms with Crippen LogP contribution in [0, 0.1) is 6.92 Å². The van der Waals surface area contributed by atoms with Crippen LogP contribution in [0.3, 0.4) is 0 Å². The largest absolute Gasteiger partial charge is 0.496 e. The molecule has 0 saturated carbocycles. The highest BCUT2D eigenvalue weighted by Gasteiger charge is 2.25. The molecule has 1 unspecified atom stereocenters. The average Bonchev–Trinajstić information content (AvgIpc) is 2.64. The first-order valence-corrected chi connectivity index (χ1v) is 9.48. The predicted molar refractivity (Wildman–Crippen MR) is 106 cm³/mol. The lowest BCUT2D eigenvalue weighted by Gasteiger charge is -2.24. The van der Waals surface area contributed by atoms with Crippen molar-refractivity contribution in [2.75, 3.05) is 26.7 Å². The minimum atomic E-state index is -0.0997. The number of nitrogens with zero attached hydrogens (tertiary/aromatic N) is 2. The van der Waals surface area contributed by atoms with Gasteiger partial charge in [-0.05, 0) is 33.3 Å². The van der Waals surface area contributed by atoms with Gasteiger partial charge in [0.05, 0.1) is 19.7 Å². The molecule has 1 saturated heterocycles. The van der Waals surface area contributed by atoms with Crippen LogP contribution in [0.4, 0.5) is 0 Å². The van der Waals surface area contributed by atoms with E-state index in [2.05, 4.69) is 21.7 Å². The highest BCUT2D eigenvalue weighted by atomic mass is 16.5. The molecule has 1 aliphatic rings. The third-order valence-corrected chi connectivity index (χ3v) is 4.53. The zero-order chi connectivity index (χ0) is 19.8. The highest BCUT2D eigenvalue weighted by Crippen LogP contribution is 2.25. The Bertz CT molecular complexity index is 686. The number of hydrogen-bond donors (Lipinski definition) is 2. The monoisotopic (exact) mass is 374 g/mol. The molecule has 7 nitrogen and oxygen atoms in total. The summed E-state index contributed by atoms with van der Waals surface area (Å²) in [5, 5.41) is 6.57. The minimum absolute atomic E-state index is 0.0177. The van der Waals surface area contributed by atoms with Gasteiger partial charge in [0.25, 0.3) is 0 Å². The number of amides is 2. The second-order valence-electron chi connectivity index (χ2n) is 6.66. The van der Waals surface area contributed by atoms with E-state index in [4.69, 9.17) is 4.74 Å². The molecule has 0 aromatic heterocycles. The normalized spacial score (nSPS) is 16.3. The number of nitrogens with one attached hydrogen (secondary N) is 2. The second kappa shape index (κ2) is 9.94. The Morgan fingerprint density at radius 2 is 2.00 bits per heavy atom. The maximum atomic E-state index is 11.9. The number of rotatable bonds is 7. The van der Waals surface area contributed by atoms with Gasteiger partial charge in [0.15, 0.2) is 5.96 Å². The van der Waals surface area contributed by atoms with E-state index < -0.39 is 0 Å². The van der Waals surface area contributed by atoms with Gasteiger partial charge in [0, 0.05) is 31.5 Å². The molecule has 1 aromatic rings. The molecule has 148 valence electrons. The number of aryl methyl sites for hydroxylation is 1. The fourth-order valence-corrected chi connectivity index (χ4v) is 3.11. The van der Waals surface area contributed by atoms with Crippen molar-refractivity contribution in [3.05, 3.63) is 29.3 Å². The second-order valence-corrected chi connectivity index (χ2v) is 6.66. The summed E-state index contributed by atoms with van der Waals surface area (Å²) >= 11 is 0. The number of piperidine rings is 1. The van der Waals surface area contributed by atoms with Gasteiger partial charge in [-0.1, -0.05) is 17.7 Å². The van der Waals surface area contributed by atoms with Crippen molar-refractivity contribution < 1.29 is 14.3 Å². The van der Waals surface area contributed by atoms with Gasteiger partial charge in [0.1, 0.15) is 5.75 Å². The highest BCUT2D eigenvalue weighted by molar-refractivity contribution is 5.97. The summed E-state index contributed by atoms with van der Waals surface area (Å²) in [4.78, 5) is 29.6. The molecule has 27 heavy (non-hydrogen) atoms. The lowest BCUT2D eigenvalue weighted by molar-refractivity contribution is -0.147. The molecule has 1 fully saturated rings. The Labute approximate surface area is 161 Å². The summed E-state index contributed by atoms with van der Waals surface area (Å²) < 4.78 is 5.47. The fourth-order valence-electron chi connectivity index (χ4n) is 3.11. The summed E-state index contributed by atoms with van der Waals surface area (Å²) in [6, 6.07) is 6.04. The van der Waals surface area contributed by atoms with Crippen LogP contribution in [0.1, 0.15) is 50.3 Å². The molecule has 7 heteroatoms. The molecule has 1 heterocycles. The maximum absolute atomic E-state index is 11.9. The molecule has 0 spiro atoms. The summed E-state index contributed by atoms with van der Waals surface area (Å²) in [6.45, 7) is 7.47. The third-order valence-electron chi connectivity index (χ3n) is 4.53. The predicted octanol–water partition coefficient (Wildman–Crippen LogP) is 2.16. The van der Waals surface area contributed by atoms with Crippen molar-refractivity contribution >= 4 is 17.8 Å². The van der Waals surface area contributed by atoms with Crippen molar-refractivity contribution in [3.63, 3.8) is 0 Å². The van der Waals surface area contributed by atoms with Crippen molar-refractivity contribution in [3.8, 4) is 5.75 Å². The molecular weight excluding hydrogens is 344 g/mol. The zero-order valence-electron chi connectivity index (χ0n) is 16.7. The third kappa shape index (κ3) is 5.70. The number of imide groups is 1. The summed E-state index contributed by atoms with van der Waals surface area (Å²) in [6.07, 6.45) is 1.54. The topological polar surface area (TPSA) is 83.0 Å². The van der Waals surface area contributed by atoms with E-state index in [9.17, 15) is 9.59 Å². The number of carbonyl (C=O) groups is 2. The average molecular weight is 374 g/mol. The number of ether oxygens (including phenoxy) is 1. The lowest BCUT2D eigenvalue weighted by Crippen LogP contribution is -2.43. The van der Waals surface area contributed by atoms with Crippen LogP contribution >= 0.6 is 0 Å². The molecule has 1 atom stereocenters. The van der Waals surface area contributed by atoms with Crippen LogP contribution < -0.4 is 15.4 Å². The SMILES string of the molecule is CCNC(=NCCN1C(=O)CCCC1=O)NC(C)c1cc(C)ccc1OC. The van der Waals surface area contributed by atoms with E-state index in [-0.39, 0.29) is 17.9 Å². The Kier molecular flexibility index (Phi) is 7.64.